The van der Waals surface area contributed by atoms with Gasteiger partial charge in [0.15, 0.2) is 0 Å². The van der Waals surface area contributed by atoms with Gasteiger partial charge in [-0.1, -0.05) is 38.5 Å². The first-order valence-electron chi connectivity index (χ1n) is 8.26. The van der Waals surface area contributed by atoms with Crippen molar-refractivity contribution in [2.45, 2.75) is 51.6 Å². The molecule has 0 N–H and O–H groups in total. The molecule has 1 aromatic rings. The molecule has 1 spiro atoms. The summed E-state index contributed by atoms with van der Waals surface area (Å²) in [6.45, 7) is 8.03. The molecule has 1 aromatic carbocycles. The van der Waals surface area contributed by atoms with Crippen LogP contribution >= 0.6 is 0 Å². The standard InChI is InChI=1S/C18H27NO/c1-3-19(4-2)14-16-10-7-8-12-18(16)13-15-9-5-6-11-17(15)20-18/h5-6,9,11,16H,3-4,7-8,10,12-14H2,1-2H3. The Balaban J connectivity index is 1.80. The number of ether oxygens (including phenoxy) is 1. The Morgan fingerprint density at radius 3 is 2.75 bits per heavy atom. The lowest BCUT2D eigenvalue weighted by Crippen LogP contribution is -2.49. The first-order chi connectivity index (χ1) is 9.77. The molecular weight excluding hydrogens is 246 g/mol. The molecule has 3 rings (SSSR count). The smallest absolute Gasteiger partial charge is 0.123 e. The van der Waals surface area contributed by atoms with E-state index >= 15 is 0 Å². The van der Waals surface area contributed by atoms with Crippen LogP contribution in [0, 0.1) is 5.92 Å². The highest BCUT2D eigenvalue weighted by Gasteiger charge is 2.47. The van der Waals surface area contributed by atoms with Crippen LogP contribution in [0.1, 0.15) is 45.1 Å². The third kappa shape index (κ3) is 2.46. The lowest BCUT2D eigenvalue weighted by atomic mass is 9.73. The van der Waals surface area contributed by atoms with Crippen molar-refractivity contribution in [3.05, 3.63) is 29.8 Å². The summed E-state index contributed by atoms with van der Waals surface area (Å²) in [4.78, 5) is 2.56. The minimum atomic E-state index is 0.0878. The van der Waals surface area contributed by atoms with E-state index in [4.69, 9.17) is 4.74 Å². The molecule has 2 heteroatoms. The highest BCUT2D eigenvalue weighted by molar-refractivity contribution is 5.39. The predicted molar refractivity (Wildman–Crippen MR) is 83.3 cm³/mol. The Morgan fingerprint density at radius 1 is 1.20 bits per heavy atom. The molecule has 2 aliphatic rings. The summed E-state index contributed by atoms with van der Waals surface area (Å²) in [5, 5.41) is 0. The lowest BCUT2D eigenvalue weighted by Gasteiger charge is -2.42. The molecule has 1 saturated carbocycles. The molecule has 2 unspecified atom stereocenters. The van der Waals surface area contributed by atoms with Crippen LogP contribution in [0.3, 0.4) is 0 Å². The van der Waals surface area contributed by atoms with Crippen LogP contribution in [-0.4, -0.2) is 30.1 Å². The van der Waals surface area contributed by atoms with E-state index in [0.717, 1.165) is 25.3 Å². The normalized spacial score (nSPS) is 28.6. The van der Waals surface area contributed by atoms with Crippen LogP contribution in [-0.2, 0) is 6.42 Å². The maximum atomic E-state index is 6.51. The summed E-state index contributed by atoms with van der Waals surface area (Å²) in [6, 6.07) is 8.63. The molecule has 20 heavy (non-hydrogen) atoms. The number of rotatable bonds is 4. The van der Waals surface area contributed by atoms with E-state index in [2.05, 4.69) is 43.0 Å². The number of fused-ring (bicyclic) bond motifs is 1. The van der Waals surface area contributed by atoms with E-state index in [1.165, 1.54) is 37.8 Å². The van der Waals surface area contributed by atoms with E-state index in [9.17, 15) is 0 Å². The summed E-state index contributed by atoms with van der Waals surface area (Å²) in [5.74, 6) is 1.82. The Bertz CT molecular complexity index is 427. The second-order valence-electron chi connectivity index (χ2n) is 6.38. The van der Waals surface area contributed by atoms with Gasteiger partial charge in [-0.05, 0) is 44.0 Å². The van der Waals surface area contributed by atoms with Gasteiger partial charge in [0.1, 0.15) is 11.4 Å². The van der Waals surface area contributed by atoms with Crippen LogP contribution in [0.5, 0.6) is 5.75 Å². The number of hydrogen-bond acceptors (Lipinski definition) is 2. The molecule has 1 aliphatic heterocycles. The van der Waals surface area contributed by atoms with Crippen LogP contribution in [0.15, 0.2) is 24.3 Å². The Labute approximate surface area is 123 Å². The molecule has 0 bridgehead atoms. The third-order valence-electron chi connectivity index (χ3n) is 5.30. The van der Waals surface area contributed by atoms with Gasteiger partial charge >= 0.3 is 0 Å². The number of benzene rings is 1. The maximum absolute atomic E-state index is 6.51. The summed E-state index contributed by atoms with van der Waals surface area (Å²) >= 11 is 0. The fourth-order valence-electron chi connectivity index (χ4n) is 4.03. The molecule has 1 heterocycles. The van der Waals surface area contributed by atoms with Crippen LogP contribution in [0.4, 0.5) is 0 Å². The van der Waals surface area contributed by atoms with E-state index in [1.54, 1.807) is 0 Å². The second-order valence-corrected chi connectivity index (χ2v) is 6.38. The topological polar surface area (TPSA) is 12.5 Å². The van der Waals surface area contributed by atoms with E-state index in [-0.39, 0.29) is 5.60 Å². The maximum Gasteiger partial charge on any atom is 0.123 e. The summed E-state index contributed by atoms with van der Waals surface area (Å²) in [6.07, 6.45) is 6.36. The largest absolute Gasteiger partial charge is 0.486 e. The van der Waals surface area contributed by atoms with Crippen LogP contribution in [0.25, 0.3) is 0 Å². The molecule has 0 aromatic heterocycles. The zero-order valence-corrected chi connectivity index (χ0v) is 12.9. The molecular formula is C18H27NO. The van der Waals surface area contributed by atoms with Crippen molar-refractivity contribution in [3.8, 4) is 5.75 Å². The highest BCUT2D eigenvalue weighted by atomic mass is 16.5. The van der Waals surface area contributed by atoms with Gasteiger partial charge in [0.05, 0.1) is 0 Å². The predicted octanol–water partition coefficient (Wildman–Crippen LogP) is 3.89. The first-order valence-corrected chi connectivity index (χ1v) is 8.26. The average molecular weight is 273 g/mol. The van der Waals surface area contributed by atoms with Crippen LogP contribution < -0.4 is 4.74 Å². The Morgan fingerprint density at radius 2 is 2.00 bits per heavy atom. The van der Waals surface area contributed by atoms with Crippen LogP contribution in [0.2, 0.25) is 0 Å². The van der Waals surface area contributed by atoms with E-state index in [1.807, 2.05) is 0 Å². The first kappa shape index (κ1) is 13.9. The van der Waals surface area contributed by atoms with E-state index < -0.39 is 0 Å². The molecule has 0 radical (unpaired) electrons. The molecule has 110 valence electrons. The third-order valence-corrected chi connectivity index (χ3v) is 5.30. The average Bonchev–Trinajstić information content (AvgIpc) is 2.85. The van der Waals surface area contributed by atoms with Gasteiger partial charge in [-0.3, -0.25) is 0 Å². The number of nitrogens with zero attached hydrogens (tertiary/aromatic N) is 1. The summed E-state index contributed by atoms with van der Waals surface area (Å²) in [7, 11) is 0. The van der Waals surface area contributed by atoms with Crippen molar-refractivity contribution in [2.75, 3.05) is 19.6 Å². The van der Waals surface area contributed by atoms with Crippen molar-refractivity contribution in [1.82, 2.24) is 4.90 Å². The number of para-hydroxylation sites is 1. The monoisotopic (exact) mass is 273 g/mol. The van der Waals surface area contributed by atoms with Crippen molar-refractivity contribution < 1.29 is 4.74 Å². The minimum Gasteiger partial charge on any atom is -0.486 e. The molecule has 1 fully saturated rings. The summed E-state index contributed by atoms with van der Waals surface area (Å²) < 4.78 is 6.51. The quantitative estimate of drug-likeness (QED) is 0.825. The van der Waals surface area contributed by atoms with E-state index in [0.29, 0.717) is 5.92 Å². The van der Waals surface area contributed by atoms with Gasteiger partial charge in [0.2, 0.25) is 0 Å². The Kier molecular flexibility index (Phi) is 4.02. The zero-order valence-electron chi connectivity index (χ0n) is 12.9. The molecule has 1 aliphatic carbocycles. The van der Waals surface area contributed by atoms with Gasteiger partial charge in [-0.2, -0.15) is 0 Å². The fourth-order valence-corrected chi connectivity index (χ4v) is 4.03. The fraction of sp³-hybridized carbons (Fsp3) is 0.667. The van der Waals surface area contributed by atoms with Gasteiger partial charge in [-0.25, -0.2) is 0 Å². The SMILES string of the molecule is CCN(CC)CC1CCCCC12Cc1ccccc1O2. The van der Waals surface area contributed by atoms with Gasteiger partial charge in [0, 0.05) is 18.9 Å². The molecule has 0 saturated heterocycles. The van der Waals surface area contributed by atoms with Crippen molar-refractivity contribution in [2.24, 2.45) is 5.92 Å². The second kappa shape index (κ2) is 5.77. The van der Waals surface area contributed by atoms with Gasteiger partial charge < -0.3 is 9.64 Å². The van der Waals surface area contributed by atoms with Crippen molar-refractivity contribution in [1.29, 1.82) is 0 Å². The zero-order chi connectivity index (χ0) is 14.0. The Hall–Kier alpha value is -1.02. The molecule has 2 nitrogen and oxygen atoms in total. The van der Waals surface area contributed by atoms with Crippen molar-refractivity contribution in [3.63, 3.8) is 0 Å². The highest BCUT2D eigenvalue weighted by Crippen LogP contribution is 2.46. The lowest BCUT2D eigenvalue weighted by molar-refractivity contribution is -0.0192. The summed E-state index contributed by atoms with van der Waals surface area (Å²) in [5.41, 5.74) is 1.50. The molecule has 2 atom stereocenters. The molecule has 0 amide bonds. The van der Waals surface area contributed by atoms with Gasteiger partial charge in [0.25, 0.3) is 0 Å². The van der Waals surface area contributed by atoms with Crippen molar-refractivity contribution >= 4 is 0 Å². The number of hydrogen-bond donors (Lipinski definition) is 0. The van der Waals surface area contributed by atoms with Gasteiger partial charge in [-0.15, -0.1) is 0 Å². The minimum absolute atomic E-state index is 0.0878.